The summed E-state index contributed by atoms with van der Waals surface area (Å²) < 4.78 is 68.9. The number of nitrogens with one attached hydrogen (secondary N) is 1. The van der Waals surface area contributed by atoms with E-state index >= 15 is 0 Å². The molecule has 176 valence electrons. The van der Waals surface area contributed by atoms with Crippen LogP contribution >= 0.6 is 50.9 Å². The molecular formula is C20H14BrCl2F3N2O3S2. The molecule has 0 aliphatic carbocycles. The van der Waals surface area contributed by atoms with Crippen LogP contribution in [0.15, 0.2) is 50.9 Å². The molecule has 0 saturated heterocycles. The number of terminal acetylenes is 1. The van der Waals surface area contributed by atoms with Gasteiger partial charge < -0.3 is 4.84 Å². The Bertz CT molecular complexity index is 1230. The Hall–Kier alpha value is -1.42. The third-order valence-corrected chi connectivity index (χ3v) is 8.86. The van der Waals surface area contributed by atoms with Crippen molar-refractivity contribution in [1.82, 2.24) is 4.72 Å². The summed E-state index contributed by atoms with van der Waals surface area (Å²) in [6.07, 6.45) is -0.362. The highest BCUT2D eigenvalue weighted by Gasteiger charge is 2.62. The molecule has 0 amide bonds. The third kappa shape index (κ3) is 5.99. The molecule has 3 rings (SSSR count). The first kappa shape index (κ1) is 26.2. The van der Waals surface area contributed by atoms with Crippen LogP contribution in [0, 0.1) is 12.3 Å². The summed E-state index contributed by atoms with van der Waals surface area (Å²) in [6, 6.07) is 8.27. The Morgan fingerprint density at radius 1 is 1.24 bits per heavy atom. The van der Waals surface area contributed by atoms with Gasteiger partial charge in [0.15, 0.2) is 0 Å². The summed E-state index contributed by atoms with van der Waals surface area (Å²) in [5.74, 6) is 2.18. The van der Waals surface area contributed by atoms with Gasteiger partial charge in [0.2, 0.25) is 10.0 Å². The average molecular weight is 602 g/mol. The summed E-state index contributed by atoms with van der Waals surface area (Å²) in [5, 5.41) is 3.49. The van der Waals surface area contributed by atoms with E-state index in [1.165, 1.54) is 12.1 Å². The Kier molecular flexibility index (Phi) is 7.98. The smallest absolute Gasteiger partial charge is 0.374 e. The van der Waals surface area contributed by atoms with E-state index in [4.69, 9.17) is 34.5 Å². The maximum Gasteiger partial charge on any atom is 0.435 e. The number of rotatable bonds is 7. The fraction of sp³-hybridized carbons (Fsp3) is 0.250. The zero-order chi connectivity index (χ0) is 24.4. The van der Waals surface area contributed by atoms with Crippen LogP contribution in [0.5, 0.6) is 0 Å². The van der Waals surface area contributed by atoms with E-state index in [2.05, 4.69) is 31.7 Å². The molecule has 1 unspecified atom stereocenters. The van der Waals surface area contributed by atoms with Crippen LogP contribution in [0.4, 0.5) is 13.2 Å². The van der Waals surface area contributed by atoms with Gasteiger partial charge in [-0.05, 0) is 46.3 Å². The molecular weight excluding hydrogens is 588 g/mol. The Labute approximate surface area is 211 Å². The molecule has 1 aliphatic heterocycles. The van der Waals surface area contributed by atoms with Gasteiger partial charge in [0.1, 0.15) is 5.08 Å². The van der Waals surface area contributed by atoms with Crippen LogP contribution in [0.3, 0.4) is 0 Å². The number of nitrogens with zero attached hydrogens (tertiary/aromatic N) is 1. The molecule has 0 spiro atoms. The molecule has 5 nitrogen and oxygen atoms in total. The number of oxime groups is 1. The van der Waals surface area contributed by atoms with Gasteiger partial charge in [-0.15, -0.1) is 18.2 Å². The molecule has 1 heterocycles. The molecule has 0 aromatic heterocycles. The van der Waals surface area contributed by atoms with Gasteiger partial charge in [0.05, 0.1) is 12.3 Å². The Balaban J connectivity index is 1.83. The van der Waals surface area contributed by atoms with Gasteiger partial charge in [-0.3, -0.25) is 0 Å². The number of sulfonamides is 1. The predicted molar refractivity (Wildman–Crippen MR) is 127 cm³/mol. The molecule has 0 radical (unpaired) electrons. The summed E-state index contributed by atoms with van der Waals surface area (Å²) in [4.78, 5) is 5.55. The molecule has 0 bridgehead atoms. The summed E-state index contributed by atoms with van der Waals surface area (Å²) in [7, 11) is -3.59. The van der Waals surface area contributed by atoms with E-state index in [0.717, 1.165) is 23.9 Å². The van der Waals surface area contributed by atoms with Gasteiger partial charge >= 0.3 is 6.18 Å². The summed E-state index contributed by atoms with van der Waals surface area (Å²) in [5.41, 5.74) is -2.57. The van der Waals surface area contributed by atoms with Gasteiger partial charge in [0.25, 0.3) is 5.60 Å². The minimum atomic E-state index is -4.81. The lowest BCUT2D eigenvalue weighted by atomic mass is 9.86. The molecule has 1 aliphatic rings. The van der Waals surface area contributed by atoms with E-state index < -0.39 is 28.2 Å². The van der Waals surface area contributed by atoms with E-state index in [0.29, 0.717) is 14.9 Å². The molecule has 0 saturated carbocycles. The predicted octanol–water partition coefficient (Wildman–Crippen LogP) is 5.94. The van der Waals surface area contributed by atoms with Crippen molar-refractivity contribution in [1.29, 1.82) is 0 Å². The standard InChI is InChI=1S/C20H14BrCl2F3N2O3S2/c1-2-5-27-33(29,30)11-32-18-4-3-12(6-16(18)21)17-10-19(31-28-17,20(24,25)26)13-7-14(22)9-15(23)8-13/h1,3-4,6-9,27H,5,10-11H2. The highest BCUT2D eigenvalue weighted by Crippen LogP contribution is 2.50. The van der Waals surface area contributed by atoms with Crippen molar-refractivity contribution in [3.05, 3.63) is 62.0 Å². The van der Waals surface area contributed by atoms with Crippen molar-refractivity contribution in [3.8, 4) is 12.3 Å². The summed E-state index contributed by atoms with van der Waals surface area (Å²) >= 11 is 16.2. The van der Waals surface area contributed by atoms with Gasteiger partial charge in [0, 0.05) is 37.0 Å². The number of halogens is 6. The molecule has 2 aromatic carbocycles. The van der Waals surface area contributed by atoms with Crippen LogP contribution in [0.2, 0.25) is 10.0 Å². The van der Waals surface area contributed by atoms with Crippen LogP contribution in [0.1, 0.15) is 17.5 Å². The molecule has 33 heavy (non-hydrogen) atoms. The number of thioether (sulfide) groups is 1. The number of hydrogen-bond acceptors (Lipinski definition) is 5. The minimum Gasteiger partial charge on any atom is -0.374 e. The lowest BCUT2D eigenvalue weighted by molar-refractivity contribution is -0.275. The number of benzene rings is 2. The van der Waals surface area contributed by atoms with Gasteiger partial charge in [-0.2, -0.15) is 13.2 Å². The van der Waals surface area contributed by atoms with Crippen molar-refractivity contribution >= 4 is 66.6 Å². The van der Waals surface area contributed by atoms with Crippen molar-refractivity contribution in [3.63, 3.8) is 0 Å². The molecule has 1 atom stereocenters. The van der Waals surface area contributed by atoms with E-state index in [1.54, 1.807) is 12.1 Å². The van der Waals surface area contributed by atoms with Crippen molar-refractivity contribution in [2.75, 3.05) is 11.6 Å². The minimum absolute atomic E-state index is 0.0361. The maximum absolute atomic E-state index is 14.1. The first-order valence-electron chi connectivity index (χ1n) is 8.99. The van der Waals surface area contributed by atoms with E-state index in [1.807, 2.05) is 0 Å². The Morgan fingerprint density at radius 3 is 2.48 bits per heavy atom. The SMILES string of the molecule is C#CCNS(=O)(=O)CSc1ccc(C2=NOC(c3cc(Cl)cc(Cl)c3)(C(F)(F)F)C2)cc1Br. The van der Waals surface area contributed by atoms with E-state index in [9.17, 15) is 21.6 Å². The van der Waals surface area contributed by atoms with Gasteiger partial charge in [-0.25, -0.2) is 13.1 Å². The number of alkyl halides is 3. The zero-order valence-electron chi connectivity index (χ0n) is 16.4. The quantitative estimate of drug-likeness (QED) is 0.315. The van der Waals surface area contributed by atoms with Crippen molar-refractivity contribution < 1.29 is 26.4 Å². The van der Waals surface area contributed by atoms with Crippen LogP contribution in [-0.4, -0.2) is 31.9 Å². The lowest BCUT2D eigenvalue weighted by Gasteiger charge is -2.29. The third-order valence-electron chi connectivity index (χ3n) is 4.54. The number of hydrogen-bond donors (Lipinski definition) is 1. The second-order valence-corrected chi connectivity index (χ2v) is 11.8. The molecule has 13 heteroatoms. The second-order valence-electron chi connectivity index (χ2n) is 6.84. The fourth-order valence-electron chi connectivity index (χ4n) is 2.98. The van der Waals surface area contributed by atoms with Crippen LogP contribution < -0.4 is 4.72 Å². The molecule has 0 fully saturated rings. The topological polar surface area (TPSA) is 67.8 Å². The molecule has 1 N–H and O–H groups in total. The van der Waals surface area contributed by atoms with Crippen LogP contribution in [0.25, 0.3) is 0 Å². The van der Waals surface area contributed by atoms with E-state index in [-0.39, 0.29) is 33.0 Å². The second kappa shape index (κ2) is 10.1. The fourth-order valence-corrected chi connectivity index (χ4v) is 6.35. The summed E-state index contributed by atoms with van der Waals surface area (Å²) in [6.45, 7) is -0.123. The average Bonchev–Trinajstić information content (AvgIpc) is 3.18. The zero-order valence-corrected chi connectivity index (χ0v) is 21.1. The first-order chi connectivity index (χ1) is 15.4. The van der Waals surface area contributed by atoms with Gasteiger partial charge in [-0.1, -0.05) is 40.3 Å². The monoisotopic (exact) mass is 600 g/mol. The van der Waals surface area contributed by atoms with Crippen molar-refractivity contribution in [2.45, 2.75) is 23.1 Å². The molecule has 2 aromatic rings. The highest BCUT2D eigenvalue weighted by atomic mass is 79.9. The largest absolute Gasteiger partial charge is 0.435 e. The highest BCUT2D eigenvalue weighted by molar-refractivity contribution is 9.10. The first-order valence-corrected chi connectivity index (χ1v) is 13.2. The Morgan fingerprint density at radius 2 is 1.91 bits per heavy atom. The lowest BCUT2D eigenvalue weighted by Crippen LogP contribution is -2.42. The van der Waals surface area contributed by atoms with Crippen molar-refractivity contribution in [2.24, 2.45) is 5.16 Å². The maximum atomic E-state index is 14.1. The van der Waals surface area contributed by atoms with Crippen LogP contribution in [-0.2, 0) is 20.5 Å². The normalized spacial score (nSPS) is 18.5.